The van der Waals surface area contributed by atoms with Gasteiger partial charge in [0.25, 0.3) is 0 Å². The van der Waals surface area contributed by atoms with Crippen molar-refractivity contribution in [1.29, 1.82) is 0 Å². The van der Waals surface area contributed by atoms with Gasteiger partial charge >= 0.3 is 0 Å². The highest BCUT2D eigenvalue weighted by Gasteiger charge is 2.10. The Hall–Kier alpha value is -1.69. The molecule has 0 unspecified atom stereocenters. The average Bonchev–Trinajstić information content (AvgIpc) is 2.98. The molecule has 5 nitrogen and oxygen atoms in total. The van der Waals surface area contributed by atoms with Crippen molar-refractivity contribution in [3.05, 3.63) is 28.5 Å². The van der Waals surface area contributed by atoms with E-state index in [1.165, 1.54) is 5.56 Å². The lowest BCUT2D eigenvalue weighted by atomic mass is 10.1. The third-order valence-electron chi connectivity index (χ3n) is 2.91. The van der Waals surface area contributed by atoms with Gasteiger partial charge in [-0.1, -0.05) is 20.3 Å². The van der Waals surface area contributed by atoms with Crippen LogP contribution in [0, 0.1) is 0 Å². The highest BCUT2D eigenvalue weighted by molar-refractivity contribution is 7.07. The van der Waals surface area contributed by atoms with Crippen LogP contribution in [0.5, 0.6) is 0 Å². The zero-order chi connectivity index (χ0) is 14.2. The van der Waals surface area contributed by atoms with Gasteiger partial charge in [0, 0.05) is 17.5 Å². The molecule has 108 valence electrons. The van der Waals surface area contributed by atoms with Gasteiger partial charge in [0.1, 0.15) is 18.0 Å². The third kappa shape index (κ3) is 3.90. The van der Waals surface area contributed by atoms with E-state index >= 15 is 0 Å². The van der Waals surface area contributed by atoms with Crippen molar-refractivity contribution in [2.45, 2.75) is 39.7 Å². The Morgan fingerprint density at radius 1 is 1.05 bits per heavy atom. The van der Waals surface area contributed by atoms with Crippen LogP contribution < -0.4 is 10.6 Å². The lowest BCUT2D eigenvalue weighted by Gasteiger charge is -2.14. The fourth-order valence-electron chi connectivity index (χ4n) is 1.95. The smallest absolute Gasteiger partial charge is 0.135 e. The Morgan fingerprint density at radius 3 is 2.50 bits per heavy atom. The number of nitrogens with zero attached hydrogens (tertiary/aromatic N) is 3. The second-order valence-electron chi connectivity index (χ2n) is 4.56. The first-order chi connectivity index (χ1) is 9.85. The quantitative estimate of drug-likeness (QED) is 0.781. The zero-order valence-electron chi connectivity index (χ0n) is 12.0. The molecular weight excluding hydrogens is 270 g/mol. The number of nitrogens with one attached hydrogen (secondary N) is 2. The molecular formula is C14H21N5S. The molecule has 20 heavy (non-hydrogen) atoms. The molecule has 0 aliphatic carbocycles. The van der Waals surface area contributed by atoms with Gasteiger partial charge in [-0.15, -0.1) is 11.3 Å². The van der Waals surface area contributed by atoms with E-state index in [4.69, 9.17) is 0 Å². The zero-order valence-corrected chi connectivity index (χ0v) is 12.8. The lowest BCUT2D eigenvalue weighted by Crippen LogP contribution is -2.11. The van der Waals surface area contributed by atoms with E-state index in [-0.39, 0.29) is 0 Å². The number of hydrogen-bond donors (Lipinski definition) is 2. The van der Waals surface area contributed by atoms with Crippen LogP contribution in [0.1, 0.15) is 37.9 Å². The van der Waals surface area contributed by atoms with Gasteiger partial charge in [-0.2, -0.15) is 0 Å². The summed E-state index contributed by atoms with van der Waals surface area (Å²) in [4.78, 5) is 13.0. The molecule has 0 spiro atoms. The fourth-order valence-corrected chi connectivity index (χ4v) is 2.50. The summed E-state index contributed by atoms with van der Waals surface area (Å²) in [5, 5.41) is 8.79. The molecule has 0 fully saturated rings. The predicted molar refractivity (Wildman–Crippen MR) is 84.2 cm³/mol. The Labute approximate surface area is 123 Å². The van der Waals surface area contributed by atoms with E-state index in [2.05, 4.69) is 39.4 Å². The van der Waals surface area contributed by atoms with Crippen LogP contribution >= 0.6 is 11.3 Å². The van der Waals surface area contributed by atoms with Crippen molar-refractivity contribution < 1.29 is 0 Å². The molecule has 2 rings (SSSR count). The van der Waals surface area contributed by atoms with Crippen LogP contribution in [-0.4, -0.2) is 21.5 Å². The molecule has 0 radical (unpaired) electrons. The molecule has 0 atom stereocenters. The van der Waals surface area contributed by atoms with Crippen molar-refractivity contribution in [3.8, 4) is 0 Å². The number of rotatable bonds is 8. The van der Waals surface area contributed by atoms with Gasteiger partial charge in [0.15, 0.2) is 0 Å². The Morgan fingerprint density at radius 2 is 1.85 bits per heavy atom. The van der Waals surface area contributed by atoms with E-state index < -0.39 is 0 Å². The molecule has 0 bridgehead atoms. The van der Waals surface area contributed by atoms with E-state index in [0.29, 0.717) is 6.54 Å². The second-order valence-corrected chi connectivity index (χ2v) is 5.28. The second kappa shape index (κ2) is 7.79. The van der Waals surface area contributed by atoms with Crippen LogP contribution in [-0.2, 0) is 13.0 Å². The highest BCUT2D eigenvalue weighted by Crippen LogP contribution is 2.22. The average molecular weight is 291 g/mol. The van der Waals surface area contributed by atoms with Crippen molar-refractivity contribution >= 4 is 23.0 Å². The molecule has 0 aromatic carbocycles. The minimum absolute atomic E-state index is 0.699. The molecule has 2 N–H and O–H groups in total. The molecule has 0 aliphatic rings. The summed E-state index contributed by atoms with van der Waals surface area (Å²) >= 11 is 1.61. The van der Waals surface area contributed by atoms with Gasteiger partial charge < -0.3 is 10.6 Å². The normalized spacial score (nSPS) is 10.5. The van der Waals surface area contributed by atoms with Crippen molar-refractivity contribution in [2.24, 2.45) is 0 Å². The predicted octanol–water partition coefficient (Wildman–Crippen LogP) is 3.32. The van der Waals surface area contributed by atoms with E-state index in [1.807, 2.05) is 10.9 Å². The fraction of sp³-hybridized carbons (Fsp3) is 0.500. The standard InChI is InChI=1S/C14H21N5S/c1-3-5-12-13(15-6-4-2)17-9-18-14(12)16-7-11-8-20-10-19-11/h8-10H,3-7H2,1-2H3,(H2,15,16,17,18). The van der Waals surface area contributed by atoms with Gasteiger partial charge in [0.05, 0.1) is 17.7 Å². The molecule has 2 aromatic heterocycles. The largest absolute Gasteiger partial charge is 0.370 e. The highest BCUT2D eigenvalue weighted by atomic mass is 32.1. The van der Waals surface area contributed by atoms with Crippen molar-refractivity contribution in [3.63, 3.8) is 0 Å². The minimum atomic E-state index is 0.699. The molecule has 0 aliphatic heterocycles. The van der Waals surface area contributed by atoms with Gasteiger partial charge in [-0.05, 0) is 12.8 Å². The number of anilines is 2. The van der Waals surface area contributed by atoms with Crippen molar-refractivity contribution in [1.82, 2.24) is 15.0 Å². The number of thiazole rings is 1. The maximum atomic E-state index is 4.38. The first-order valence-electron chi connectivity index (χ1n) is 7.03. The lowest BCUT2D eigenvalue weighted by molar-refractivity contribution is 0.885. The van der Waals surface area contributed by atoms with Gasteiger partial charge in [-0.25, -0.2) is 15.0 Å². The van der Waals surface area contributed by atoms with E-state index in [9.17, 15) is 0 Å². The third-order valence-corrected chi connectivity index (χ3v) is 3.54. The summed E-state index contributed by atoms with van der Waals surface area (Å²) in [5.41, 5.74) is 4.05. The molecule has 0 saturated heterocycles. The van der Waals surface area contributed by atoms with E-state index in [1.54, 1.807) is 17.7 Å². The number of aromatic nitrogens is 3. The topological polar surface area (TPSA) is 62.7 Å². The van der Waals surface area contributed by atoms with Crippen LogP contribution in [0.15, 0.2) is 17.2 Å². The Balaban J connectivity index is 2.13. The summed E-state index contributed by atoms with van der Waals surface area (Å²) in [6.45, 7) is 5.94. The molecule has 0 amide bonds. The SMILES string of the molecule is CCCNc1ncnc(NCc2cscn2)c1CCC. The monoisotopic (exact) mass is 291 g/mol. The minimum Gasteiger partial charge on any atom is -0.370 e. The first-order valence-corrected chi connectivity index (χ1v) is 7.98. The van der Waals surface area contributed by atoms with Crippen LogP contribution in [0.25, 0.3) is 0 Å². The maximum absolute atomic E-state index is 4.38. The summed E-state index contributed by atoms with van der Waals surface area (Å²) < 4.78 is 0. The number of hydrogen-bond acceptors (Lipinski definition) is 6. The maximum Gasteiger partial charge on any atom is 0.135 e. The Bertz CT molecular complexity index is 512. The Kier molecular flexibility index (Phi) is 5.73. The van der Waals surface area contributed by atoms with Crippen LogP contribution in [0.2, 0.25) is 0 Å². The molecule has 2 heterocycles. The summed E-state index contributed by atoms with van der Waals surface area (Å²) in [6.07, 6.45) is 4.73. The summed E-state index contributed by atoms with van der Waals surface area (Å²) in [6, 6.07) is 0. The van der Waals surface area contributed by atoms with Crippen LogP contribution in [0.4, 0.5) is 11.6 Å². The van der Waals surface area contributed by atoms with E-state index in [0.717, 1.165) is 43.1 Å². The summed E-state index contributed by atoms with van der Waals surface area (Å²) in [5.74, 6) is 1.86. The molecule has 2 aromatic rings. The molecule has 0 saturated carbocycles. The molecule has 6 heteroatoms. The summed E-state index contributed by atoms with van der Waals surface area (Å²) in [7, 11) is 0. The van der Waals surface area contributed by atoms with Gasteiger partial charge in [0.2, 0.25) is 0 Å². The van der Waals surface area contributed by atoms with Crippen LogP contribution in [0.3, 0.4) is 0 Å². The van der Waals surface area contributed by atoms with Crippen molar-refractivity contribution in [2.75, 3.05) is 17.2 Å². The first kappa shape index (κ1) is 14.7. The van der Waals surface area contributed by atoms with Gasteiger partial charge in [-0.3, -0.25) is 0 Å².